The lowest BCUT2D eigenvalue weighted by Crippen LogP contribution is -1.93. The number of imidazole rings is 1. The number of alkyl halides is 1. The van der Waals surface area contributed by atoms with E-state index in [1.165, 1.54) is 0 Å². The van der Waals surface area contributed by atoms with Crippen LogP contribution in [0.2, 0.25) is 0 Å². The Morgan fingerprint density at radius 3 is 3.00 bits per heavy atom. The molecule has 0 bridgehead atoms. The Labute approximate surface area is 89.7 Å². The van der Waals surface area contributed by atoms with Crippen LogP contribution < -0.4 is 0 Å². The molecule has 0 fully saturated rings. The molecule has 0 amide bonds. The van der Waals surface area contributed by atoms with Crippen LogP contribution in [0.1, 0.15) is 5.82 Å². The zero-order valence-corrected chi connectivity index (χ0v) is 9.43. The molecule has 4 heteroatoms. The molecule has 2 nitrogen and oxygen atoms in total. The van der Waals surface area contributed by atoms with Crippen LogP contribution in [0.15, 0.2) is 22.7 Å². The summed E-state index contributed by atoms with van der Waals surface area (Å²) in [6.07, 6.45) is 0. The molecule has 2 rings (SSSR count). The standard InChI is InChI=1S/C9H8BrClN2/c1-13-8-4-6(10)2-3-7(8)12-9(13)5-11/h2-4H,5H2,1H3. The van der Waals surface area contributed by atoms with Crippen molar-refractivity contribution in [3.63, 3.8) is 0 Å². The molecule has 0 unspecified atom stereocenters. The molecule has 1 aromatic carbocycles. The van der Waals surface area contributed by atoms with Crippen LogP contribution in [0.5, 0.6) is 0 Å². The van der Waals surface area contributed by atoms with Crippen molar-refractivity contribution in [3.8, 4) is 0 Å². The van der Waals surface area contributed by atoms with Crippen molar-refractivity contribution >= 4 is 38.6 Å². The third-order valence-electron chi connectivity index (χ3n) is 2.06. The fraction of sp³-hybridized carbons (Fsp3) is 0.222. The molecule has 0 aliphatic rings. The number of nitrogens with zero attached hydrogens (tertiary/aromatic N) is 2. The third-order valence-corrected chi connectivity index (χ3v) is 2.79. The maximum absolute atomic E-state index is 5.75. The first-order valence-electron chi connectivity index (χ1n) is 3.89. The van der Waals surface area contributed by atoms with Gasteiger partial charge in [0.25, 0.3) is 0 Å². The number of fused-ring (bicyclic) bond motifs is 1. The van der Waals surface area contributed by atoms with Crippen LogP contribution in [0.4, 0.5) is 0 Å². The molecule has 0 saturated carbocycles. The van der Waals surface area contributed by atoms with Gasteiger partial charge in [-0.2, -0.15) is 0 Å². The normalized spacial score (nSPS) is 11.0. The van der Waals surface area contributed by atoms with Gasteiger partial charge in [-0.15, -0.1) is 11.6 Å². The van der Waals surface area contributed by atoms with Gasteiger partial charge in [-0.3, -0.25) is 0 Å². The van der Waals surface area contributed by atoms with Gasteiger partial charge < -0.3 is 4.57 Å². The second-order valence-electron chi connectivity index (χ2n) is 2.85. The van der Waals surface area contributed by atoms with Gasteiger partial charge in [0.05, 0.1) is 16.9 Å². The molecule has 0 radical (unpaired) electrons. The zero-order valence-electron chi connectivity index (χ0n) is 7.09. The number of halogens is 2. The zero-order chi connectivity index (χ0) is 9.42. The number of aryl methyl sites for hydroxylation is 1. The van der Waals surface area contributed by atoms with Crippen LogP contribution in [-0.4, -0.2) is 9.55 Å². The molecule has 0 N–H and O–H groups in total. The van der Waals surface area contributed by atoms with E-state index in [1.807, 2.05) is 29.8 Å². The van der Waals surface area contributed by atoms with E-state index in [4.69, 9.17) is 11.6 Å². The van der Waals surface area contributed by atoms with Crippen molar-refractivity contribution in [1.29, 1.82) is 0 Å². The number of aromatic nitrogens is 2. The summed E-state index contributed by atoms with van der Waals surface area (Å²) in [6, 6.07) is 6.00. The van der Waals surface area contributed by atoms with Gasteiger partial charge in [0.1, 0.15) is 5.82 Å². The molecular formula is C9H8BrClN2. The van der Waals surface area contributed by atoms with Crippen LogP contribution >= 0.6 is 27.5 Å². The van der Waals surface area contributed by atoms with Crippen LogP contribution in [-0.2, 0) is 12.9 Å². The number of hydrogen-bond donors (Lipinski definition) is 0. The highest BCUT2D eigenvalue weighted by molar-refractivity contribution is 9.10. The molecule has 13 heavy (non-hydrogen) atoms. The first-order valence-corrected chi connectivity index (χ1v) is 5.22. The average Bonchev–Trinajstić information content (AvgIpc) is 2.44. The fourth-order valence-corrected chi connectivity index (χ4v) is 1.92. The van der Waals surface area contributed by atoms with Crippen LogP contribution in [0.25, 0.3) is 11.0 Å². The van der Waals surface area contributed by atoms with E-state index in [-0.39, 0.29) is 0 Å². The summed E-state index contributed by atoms with van der Waals surface area (Å²) in [4.78, 5) is 4.38. The fourth-order valence-electron chi connectivity index (χ4n) is 1.33. The van der Waals surface area contributed by atoms with E-state index in [9.17, 15) is 0 Å². The Hall–Kier alpha value is -0.540. The first-order chi connectivity index (χ1) is 6.22. The van der Waals surface area contributed by atoms with Gasteiger partial charge in [0, 0.05) is 11.5 Å². The third kappa shape index (κ3) is 1.46. The molecule has 2 aromatic rings. The minimum atomic E-state index is 0.447. The van der Waals surface area contributed by atoms with Gasteiger partial charge in [0.15, 0.2) is 0 Å². The number of hydrogen-bond acceptors (Lipinski definition) is 1. The minimum Gasteiger partial charge on any atom is -0.330 e. The molecule has 68 valence electrons. The molecule has 1 heterocycles. The lowest BCUT2D eigenvalue weighted by Gasteiger charge is -1.97. The maximum Gasteiger partial charge on any atom is 0.124 e. The lowest BCUT2D eigenvalue weighted by atomic mass is 10.3. The van der Waals surface area contributed by atoms with Gasteiger partial charge in [-0.25, -0.2) is 4.98 Å². The predicted molar refractivity (Wildman–Crippen MR) is 58.0 cm³/mol. The first kappa shape index (κ1) is 9.03. The Morgan fingerprint density at radius 2 is 2.31 bits per heavy atom. The van der Waals surface area contributed by atoms with E-state index in [1.54, 1.807) is 0 Å². The number of rotatable bonds is 1. The summed E-state index contributed by atoms with van der Waals surface area (Å²) in [5.74, 6) is 1.35. The Morgan fingerprint density at radius 1 is 1.54 bits per heavy atom. The van der Waals surface area contributed by atoms with Gasteiger partial charge >= 0.3 is 0 Å². The predicted octanol–water partition coefficient (Wildman–Crippen LogP) is 3.07. The van der Waals surface area contributed by atoms with Crippen molar-refractivity contribution in [2.24, 2.45) is 7.05 Å². The molecule has 0 spiro atoms. The monoisotopic (exact) mass is 258 g/mol. The van der Waals surface area contributed by atoms with Gasteiger partial charge in [-0.1, -0.05) is 15.9 Å². The van der Waals surface area contributed by atoms with E-state index in [0.29, 0.717) is 5.88 Å². The van der Waals surface area contributed by atoms with Crippen molar-refractivity contribution in [2.75, 3.05) is 0 Å². The average molecular weight is 260 g/mol. The summed E-state index contributed by atoms with van der Waals surface area (Å²) in [5.41, 5.74) is 2.09. The highest BCUT2D eigenvalue weighted by Crippen LogP contribution is 2.20. The van der Waals surface area contributed by atoms with E-state index in [2.05, 4.69) is 20.9 Å². The summed E-state index contributed by atoms with van der Waals surface area (Å²) in [6.45, 7) is 0. The van der Waals surface area contributed by atoms with Crippen LogP contribution in [0.3, 0.4) is 0 Å². The Balaban J connectivity index is 2.77. The molecule has 0 aliphatic heterocycles. The lowest BCUT2D eigenvalue weighted by molar-refractivity contribution is 0.873. The largest absolute Gasteiger partial charge is 0.330 e. The summed E-state index contributed by atoms with van der Waals surface area (Å²) in [5, 5.41) is 0. The van der Waals surface area contributed by atoms with E-state index < -0.39 is 0 Å². The van der Waals surface area contributed by atoms with E-state index in [0.717, 1.165) is 21.3 Å². The second-order valence-corrected chi connectivity index (χ2v) is 4.04. The summed E-state index contributed by atoms with van der Waals surface area (Å²) < 4.78 is 3.07. The molecule has 0 saturated heterocycles. The SMILES string of the molecule is Cn1c(CCl)nc2ccc(Br)cc21. The number of benzene rings is 1. The van der Waals surface area contributed by atoms with Crippen molar-refractivity contribution in [3.05, 3.63) is 28.5 Å². The van der Waals surface area contributed by atoms with Gasteiger partial charge in [-0.05, 0) is 18.2 Å². The maximum atomic E-state index is 5.75. The van der Waals surface area contributed by atoms with Crippen molar-refractivity contribution in [2.45, 2.75) is 5.88 Å². The van der Waals surface area contributed by atoms with Crippen molar-refractivity contribution < 1.29 is 0 Å². The highest BCUT2D eigenvalue weighted by Gasteiger charge is 2.05. The molecule has 0 atom stereocenters. The quantitative estimate of drug-likeness (QED) is 0.720. The Kier molecular flexibility index (Phi) is 2.30. The van der Waals surface area contributed by atoms with Crippen molar-refractivity contribution in [1.82, 2.24) is 9.55 Å². The van der Waals surface area contributed by atoms with Crippen LogP contribution in [0, 0.1) is 0 Å². The summed E-state index contributed by atoms with van der Waals surface area (Å²) in [7, 11) is 1.97. The highest BCUT2D eigenvalue weighted by atomic mass is 79.9. The minimum absolute atomic E-state index is 0.447. The Bertz CT molecular complexity index is 450. The van der Waals surface area contributed by atoms with E-state index >= 15 is 0 Å². The molecule has 1 aromatic heterocycles. The molecular weight excluding hydrogens is 251 g/mol. The topological polar surface area (TPSA) is 17.8 Å². The smallest absolute Gasteiger partial charge is 0.124 e. The summed E-state index contributed by atoms with van der Waals surface area (Å²) >= 11 is 9.17. The second kappa shape index (κ2) is 3.31. The molecule has 0 aliphatic carbocycles. The van der Waals surface area contributed by atoms with Gasteiger partial charge in [0.2, 0.25) is 0 Å².